The second kappa shape index (κ2) is 7.21. The van der Waals surface area contributed by atoms with Gasteiger partial charge in [0.15, 0.2) is 0 Å². The summed E-state index contributed by atoms with van der Waals surface area (Å²) < 4.78 is 9.47. The normalized spacial score (nSPS) is 19.0. The molecule has 0 saturated heterocycles. The van der Waals surface area contributed by atoms with E-state index < -0.39 is 0 Å². The summed E-state index contributed by atoms with van der Waals surface area (Å²) in [4.78, 5) is 8.63. The summed E-state index contributed by atoms with van der Waals surface area (Å²) in [6.07, 6.45) is 4.79. The number of nitrogens with one attached hydrogen (secondary N) is 1. The minimum atomic E-state index is -0.329. The van der Waals surface area contributed by atoms with E-state index >= 15 is 0 Å². The Balaban J connectivity index is 1.64. The summed E-state index contributed by atoms with van der Waals surface area (Å²) in [5.41, 5.74) is 4.98. The molecule has 2 aromatic carbocycles. The number of hydrogen-bond donors (Lipinski definition) is 1. The fourth-order valence-electron chi connectivity index (χ4n) is 4.22. The third-order valence-electron chi connectivity index (χ3n) is 5.57. The number of aromatic nitrogens is 4. The third kappa shape index (κ3) is 3.04. The van der Waals surface area contributed by atoms with Gasteiger partial charge in [-0.2, -0.15) is 10.1 Å². The van der Waals surface area contributed by atoms with Crippen LogP contribution in [-0.2, 0) is 0 Å². The highest BCUT2D eigenvalue weighted by atomic mass is 79.9. The molecular formula is C23H15BrClN5O. The lowest BCUT2D eigenvalue weighted by molar-refractivity contribution is 0.223. The number of hydrogen-bond acceptors (Lipinski definition) is 5. The van der Waals surface area contributed by atoms with Crippen LogP contribution in [0.1, 0.15) is 28.8 Å². The first-order valence-electron chi connectivity index (χ1n) is 9.71. The van der Waals surface area contributed by atoms with Crippen molar-refractivity contribution in [3.8, 4) is 5.75 Å². The van der Waals surface area contributed by atoms with Gasteiger partial charge in [-0.3, -0.25) is 4.98 Å². The highest BCUT2D eigenvalue weighted by Gasteiger charge is 2.40. The standard InChI is InChI=1S/C23H15BrClN5O/c24-15-3-1-13(2-4-15)21-19-20(29-23-27-12-28-30(21)23)17-11-16(25)5-6-18(17)31-22(19)14-7-9-26-10-8-14/h1-12,21-22H,(H,27,28,29)/t21-,22+/m0/s1. The molecule has 0 spiro atoms. The largest absolute Gasteiger partial charge is 0.480 e. The zero-order chi connectivity index (χ0) is 20.9. The Bertz CT molecular complexity index is 1320. The Morgan fingerprint density at radius 3 is 2.61 bits per heavy atom. The van der Waals surface area contributed by atoms with Crippen molar-refractivity contribution in [1.29, 1.82) is 0 Å². The number of pyridine rings is 1. The monoisotopic (exact) mass is 491 g/mol. The van der Waals surface area contributed by atoms with Crippen LogP contribution in [0.25, 0.3) is 5.70 Å². The fourth-order valence-corrected chi connectivity index (χ4v) is 4.66. The number of halogens is 2. The zero-order valence-electron chi connectivity index (χ0n) is 16.0. The van der Waals surface area contributed by atoms with Crippen molar-refractivity contribution < 1.29 is 4.74 Å². The summed E-state index contributed by atoms with van der Waals surface area (Å²) in [7, 11) is 0. The van der Waals surface area contributed by atoms with Gasteiger partial charge in [0, 0.05) is 33.0 Å². The number of rotatable bonds is 2. The topological polar surface area (TPSA) is 64.9 Å². The van der Waals surface area contributed by atoms with E-state index in [1.54, 1.807) is 18.7 Å². The van der Waals surface area contributed by atoms with E-state index in [2.05, 4.69) is 48.4 Å². The molecule has 4 aromatic rings. The van der Waals surface area contributed by atoms with E-state index in [4.69, 9.17) is 16.3 Å². The molecule has 31 heavy (non-hydrogen) atoms. The minimum Gasteiger partial charge on any atom is -0.480 e. The van der Waals surface area contributed by atoms with Crippen molar-refractivity contribution in [2.24, 2.45) is 0 Å². The maximum Gasteiger partial charge on any atom is 0.226 e. The van der Waals surface area contributed by atoms with Gasteiger partial charge in [-0.05, 0) is 53.6 Å². The van der Waals surface area contributed by atoms with Crippen LogP contribution in [-0.4, -0.2) is 19.7 Å². The van der Waals surface area contributed by atoms with E-state index in [0.717, 1.165) is 38.2 Å². The van der Waals surface area contributed by atoms with Gasteiger partial charge < -0.3 is 10.1 Å². The summed E-state index contributed by atoms with van der Waals surface area (Å²) in [6, 6.07) is 17.7. The highest BCUT2D eigenvalue weighted by molar-refractivity contribution is 9.10. The highest BCUT2D eigenvalue weighted by Crippen LogP contribution is 2.50. The molecule has 4 heterocycles. The molecule has 0 unspecified atom stereocenters. The maximum atomic E-state index is 6.55. The first-order chi connectivity index (χ1) is 15.2. The van der Waals surface area contributed by atoms with Crippen molar-refractivity contribution in [3.05, 3.63) is 105 Å². The Labute approximate surface area is 191 Å². The van der Waals surface area contributed by atoms with E-state index in [1.165, 1.54) is 0 Å². The Morgan fingerprint density at radius 2 is 1.81 bits per heavy atom. The Morgan fingerprint density at radius 1 is 1.00 bits per heavy atom. The number of benzene rings is 2. The van der Waals surface area contributed by atoms with Gasteiger partial charge in [0.1, 0.15) is 24.2 Å². The molecule has 0 bridgehead atoms. The molecule has 2 atom stereocenters. The summed E-state index contributed by atoms with van der Waals surface area (Å²) in [6.45, 7) is 0. The SMILES string of the molecule is Clc1ccc2c(c1)C1=C([C@H](c3ccc(Br)cc3)n3ncnc3N1)[C@@H](c1ccncc1)O2. The molecule has 2 aliphatic heterocycles. The van der Waals surface area contributed by atoms with Crippen molar-refractivity contribution in [1.82, 2.24) is 19.7 Å². The van der Waals surface area contributed by atoms with Crippen molar-refractivity contribution in [2.75, 3.05) is 5.32 Å². The number of nitrogens with zero attached hydrogens (tertiary/aromatic N) is 4. The number of fused-ring (bicyclic) bond motifs is 3. The molecule has 0 amide bonds. The maximum absolute atomic E-state index is 6.55. The molecule has 6 nitrogen and oxygen atoms in total. The lowest BCUT2D eigenvalue weighted by atomic mass is 9.85. The van der Waals surface area contributed by atoms with Crippen LogP contribution in [0.5, 0.6) is 5.75 Å². The fraction of sp³-hybridized carbons (Fsp3) is 0.0870. The van der Waals surface area contributed by atoms with Crippen molar-refractivity contribution in [2.45, 2.75) is 12.1 Å². The van der Waals surface area contributed by atoms with Crippen LogP contribution in [0.3, 0.4) is 0 Å². The van der Waals surface area contributed by atoms with Crippen LogP contribution in [0.15, 0.2) is 83.4 Å². The molecular weight excluding hydrogens is 478 g/mol. The average molecular weight is 493 g/mol. The Kier molecular flexibility index (Phi) is 4.33. The van der Waals surface area contributed by atoms with E-state index in [0.29, 0.717) is 11.0 Å². The predicted octanol–water partition coefficient (Wildman–Crippen LogP) is 5.65. The Hall–Kier alpha value is -3.16. The lowest BCUT2D eigenvalue weighted by Gasteiger charge is -2.39. The van der Waals surface area contributed by atoms with Crippen LogP contribution in [0.4, 0.5) is 5.95 Å². The molecule has 6 rings (SSSR count). The van der Waals surface area contributed by atoms with E-state index in [9.17, 15) is 0 Å². The first kappa shape index (κ1) is 18.6. The molecule has 2 aromatic heterocycles. The molecule has 152 valence electrons. The van der Waals surface area contributed by atoms with Crippen LogP contribution in [0.2, 0.25) is 5.02 Å². The lowest BCUT2D eigenvalue weighted by Crippen LogP contribution is -2.32. The number of anilines is 1. The molecule has 1 N–H and O–H groups in total. The van der Waals surface area contributed by atoms with Gasteiger partial charge in [0.25, 0.3) is 0 Å². The second-order valence-corrected chi connectivity index (χ2v) is 8.71. The van der Waals surface area contributed by atoms with Gasteiger partial charge in [-0.15, -0.1) is 0 Å². The van der Waals surface area contributed by atoms with Gasteiger partial charge in [0.2, 0.25) is 5.95 Å². The molecule has 0 radical (unpaired) electrons. The van der Waals surface area contributed by atoms with Gasteiger partial charge in [-0.25, -0.2) is 4.68 Å². The summed E-state index contributed by atoms with van der Waals surface area (Å²) in [5.74, 6) is 1.44. The summed E-state index contributed by atoms with van der Waals surface area (Å²) in [5, 5.41) is 8.66. The first-order valence-corrected chi connectivity index (χ1v) is 10.9. The van der Waals surface area contributed by atoms with Crippen molar-refractivity contribution >= 4 is 39.2 Å². The van der Waals surface area contributed by atoms with Crippen LogP contribution in [0, 0.1) is 0 Å². The van der Waals surface area contributed by atoms with E-state index in [1.807, 2.05) is 47.1 Å². The minimum absolute atomic E-state index is 0.202. The zero-order valence-corrected chi connectivity index (χ0v) is 18.4. The van der Waals surface area contributed by atoms with Gasteiger partial charge >= 0.3 is 0 Å². The molecule has 2 aliphatic rings. The molecule has 0 aliphatic carbocycles. The van der Waals surface area contributed by atoms with Gasteiger partial charge in [0.05, 0.1) is 5.70 Å². The van der Waals surface area contributed by atoms with Gasteiger partial charge in [-0.1, -0.05) is 39.7 Å². The molecule has 8 heteroatoms. The number of ether oxygens (including phenoxy) is 1. The molecule has 0 saturated carbocycles. The van der Waals surface area contributed by atoms with E-state index in [-0.39, 0.29) is 12.1 Å². The van der Waals surface area contributed by atoms with Crippen molar-refractivity contribution in [3.63, 3.8) is 0 Å². The average Bonchev–Trinajstić information content (AvgIpc) is 3.27. The predicted molar refractivity (Wildman–Crippen MR) is 122 cm³/mol. The quantitative estimate of drug-likeness (QED) is 0.392. The van der Waals surface area contributed by atoms with Crippen LogP contribution < -0.4 is 10.1 Å². The smallest absolute Gasteiger partial charge is 0.226 e. The second-order valence-electron chi connectivity index (χ2n) is 7.36. The van der Waals surface area contributed by atoms with Crippen LogP contribution >= 0.6 is 27.5 Å². The summed E-state index contributed by atoms with van der Waals surface area (Å²) >= 11 is 9.89. The molecule has 0 fully saturated rings. The third-order valence-corrected chi connectivity index (χ3v) is 6.33.